The van der Waals surface area contributed by atoms with E-state index in [1.165, 1.54) is 0 Å². The number of carboxylic acids is 1. The van der Waals surface area contributed by atoms with Gasteiger partial charge in [-0.15, -0.1) is 0 Å². The van der Waals surface area contributed by atoms with Gasteiger partial charge in [0, 0.05) is 5.92 Å². The molecular formula is C9H12N2O3. The molecule has 5 nitrogen and oxygen atoms in total. The van der Waals surface area contributed by atoms with Crippen LogP contribution in [0.4, 0.5) is 6.01 Å². The predicted molar refractivity (Wildman–Crippen MR) is 49.1 cm³/mol. The Bertz CT molecular complexity index is 353. The first-order chi connectivity index (χ1) is 6.68. The van der Waals surface area contributed by atoms with Crippen molar-refractivity contribution < 1.29 is 14.3 Å². The van der Waals surface area contributed by atoms with Gasteiger partial charge >= 0.3 is 5.97 Å². The van der Waals surface area contributed by atoms with Crippen LogP contribution in [0.5, 0.6) is 0 Å². The number of carboxylic acid groups (broad SMARTS) is 1. The van der Waals surface area contributed by atoms with Crippen molar-refractivity contribution >= 4 is 12.0 Å². The van der Waals surface area contributed by atoms with E-state index in [1.807, 2.05) is 0 Å². The van der Waals surface area contributed by atoms with Crippen LogP contribution >= 0.6 is 0 Å². The second-order valence-corrected chi connectivity index (χ2v) is 3.55. The van der Waals surface area contributed by atoms with Gasteiger partial charge in [0.15, 0.2) is 0 Å². The number of oxazole rings is 1. The van der Waals surface area contributed by atoms with Crippen LogP contribution in [0.25, 0.3) is 0 Å². The Morgan fingerprint density at radius 3 is 2.71 bits per heavy atom. The molecule has 0 spiro atoms. The zero-order valence-electron chi connectivity index (χ0n) is 7.69. The summed E-state index contributed by atoms with van der Waals surface area (Å²) in [7, 11) is 0. The molecule has 0 saturated heterocycles. The van der Waals surface area contributed by atoms with Gasteiger partial charge in [-0.3, -0.25) is 0 Å². The van der Waals surface area contributed by atoms with E-state index in [0.717, 1.165) is 25.7 Å². The zero-order chi connectivity index (χ0) is 10.1. The van der Waals surface area contributed by atoms with Crippen molar-refractivity contribution in [1.29, 1.82) is 0 Å². The monoisotopic (exact) mass is 196 g/mol. The standard InChI is InChI=1S/C9H12N2O3/c10-9-11-6(5-3-1-2-4-5)7(14-9)8(12)13/h5H,1-4H2,(H2,10,11)(H,12,13). The number of rotatable bonds is 2. The first kappa shape index (κ1) is 9.05. The molecular weight excluding hydrogens is 184 g/mol. The van der Waals surface area contributed by atoms with Gasteiger partial charge in [-0.2, -0.15) is 4.98 Å². The average Bonchev–Trinajstić information content (AvgIpc) is 2.70. The minimum absolute atomic E-state index is 0.0516. The second-order valence-electron chi connectivity index (χ2n) is 3.55. The molecule has 0 amide bonds. The average molecular weight is 196 g/mol. The Hall–Kier alpha value is -1.52. The lowest BCUT2D eigenvalue weighted by molar-refractivity contribution is 0.0661. The van der Waals surface area contributed by atoms with Gasteiger partial charge in [0.25, 0.3) is 6.01 Å². The molecule has 14 heavy (non-hydrogen) atoms. The van der Waals surface area contributed by atoms with Crippen LogP contribution < -0.4 is 5.73 Å². The van der Waals surface area contributed by atoms with Crippen molar-refractivity contribution in [2.45, 2.75) is 31.6 Å². The van der Waals surface area contributed by atoms with Gasteiger partial charge in [-0.25, -0.2) is 4.79 Å². The number of nitrogens with two attached hydrogens (primary N) is 1. The number of carbonyl (C=O) groups is 1. The van der Waals surface area contributed by atoms with E-state index in [1.54, 1.807) is 0 Å². The molecule has 0 unspecified atom stereocenters. The van der Waals surface area contributed by atoms with Crippen LogP contribution in [-0.2, 0) is 0 Å². The van der Waals surface area contributed by atoms with Crippen molar-refractivity contribution in [2.24, 2.45) is 0 Å². The third kappa shape index (κ3) is 1.45. The quantitative estimate of drug-likeness (QED) is 0.750. The third-order valence-electron chi connectivity index (χ3n) is 2.61. The molecule has 1 aromatic rings. The van der Waals surface area contributed by atoms with Crippen LogP contribution in [-0.4, -0.2) is 16.1 Å². The number of aromatic carboxylic acids is 1. The summed E-state index contributed by atoms with van der Waals surface area (Å²) in [5, 5.41) is 8.85. The fourth-order valence-corrected chi connectivity index (χ4v) is 1.98. The molecule has 1 aliphatic carbocycles. The lowest BCUT2D eigenvalue weighted by atomic mass is 10.0. The van der Waals surface area contributed by atoms with Crippen molar-refractivity contribution in [3.8, 4) is 0 Å². The van der Waals surface area contributed by atoms with E-state index in [0.29, 0.717) is 5.69 Å². The van der Waals surface area contributed by atoms with Gasteiger partial charge in [-0.05, 0) is 12.8 Å². The van der Waals surface area contributed by atoms with Crippen LogP contribution in [0.1, 0.15) is 47.8 Å². The summed E-state index contributed by atoms with van der Waals surface area (Å²) in [6.45, 7) is 0. The number of hydrogen-bond acceptors (Lipinski definition) is 4. The molecule has 0 radical (unpaired) electrons. The molecule has 2 rings (SSSR count). The summed E-state index contributed by atoms with van der Waals surface area (Å²) in [5.41, 5.74) is 5.86. The largest absolute Gasteiger partial charge is 0.475 e. The van der Waals surface area contributed by atoms with Gasteiger partial charge in [0.05, 0.1) is 5.69 Å². The molecule has 1 aromatic heterocycles. The highest BCUT2D eigenvalue weighted by Crippen LogP contribution is 2.35. The Morgan fingerprint density at radius 1 is 1.50 bits per heavy atom. The zero-order valence-corrected chi connectivity index (χ0v) is 7.69. The molecule has 1 aliphatic rings. The van der Waals surface area contributed by atoms with Crippen LogP contribution in [0.2, 0.25) is 0 Å². The fraction of sp³-hybridized carbons (Fsp3) is 0.556. The van der Waals surface area contributed by atoms with E-state index in [4.69, 9.17) is 15.3 Å². The van der Waals surface area contributed by atoms with Gasteiger partial charge in [0.2, 0.25) is 5.76 Å². The Kier molecular flexibility index (Phi) is 2.15. The molecule has 1 fully saturated rings. The normalized spacial score (nSPS) is 17.4. The van der Waals surface area contributed by atoms with E-state index >= 15 is 0 Å². The van der Waals surface area contributed by atoms with Crippen molar-refractivity contribution in [1.82, 2.24) is 4.98 Å². The minimum atomic E-state index is -1.09. The smallest absolute Gasteiger partial charge is 0.373 e. The summed E-state index contributed by atoms with van der Waals surface area (Å²) in [6.07, 6.45) is 4.20. The highest BCUT2D eigenvalue weighted by Gasteiger charge is 2.27. The lowest BCUT2D eigenvalue weighted by Crippen LogP contribution is -2.03. The number of nitrogen functional groups attached to an aromatic ring is 1. The highest BCUT2D eigenvalue weighted by atomic mass is 16.4. The molecule has 0 bridgehead atoms. The summed E-state index contributed by atoms with van der Waals surface area (Å²) in [4.78, 5) is 14.7. The molecule has 0 aliphatic heterocycles. The predicted octanol–water partition coefficient (Wildman–Crippen LogP) is 1.61. The maximum atomic E-state index is 10.8. The number of nitrogens with zero attached hydrogens (tertiary/aromatic N) is 1. The second kappa shape index (κ2) is 3.32. The first-order valence-electron chi connectivity index (χ1n) is 4.68. The molecule has 3 N–H and O–H groups in total. The summed E-state index contributed by atoms with van der Waals surface area (Å²) < 4.78 is 4.86. The first-order valence-corrected chi connectivity index (χ1v) is 4.68. The van der Waals surface area contributed by atoms with Gasteiger partial charge in [0.1, 0.15) is 0 Å². The Morgan fingerprint density at radius 2 is 2.14 bits per heavy atom. The summed E-state index contributed by atoms with van der Waals surface area (Å²) in [6, 6.07) is -0.0516. The summed E-state index contributed by atoms with van der Waals surface area (Å²) >= 11 is 0. The molecule has 0 atom stereocenters. The van der Waals surface area contributed by atoms with E-state index in [9.17, 15) is 4.79 Å². The highest BCUT2D eigenvalue weighted by molar-refractivity contribution is 5.86. The fourth-order valence-electron chi connectivity index (χ4n) is 1.98. The van der Waals surface area contributed by atoms with Crippen molar-refractivity contribution in [3.05, 3.63) is 11.5 Å². The maximum absolute atomic E-state index is 10.8. The number of anilines is 1. The maximum Gasteiger partial charge on any atom is 0.373 e. The molecule has 76 valence electrons. The molecule has 0 aromatic carbocycles. The SMILES string of the molecule is Nc1nc(C2CCCC2)c(C(=O)O)o1. The van der Waals surface area contributed by atoms with Crippen LogP contribution in [0, 0.1) is 0 Å². The lowest BCUT2D eigenvalue weighted by Gasteiger charge is -2.03. The molecule has 1 saturated carbocycles. The Labute approximate surface area is 80.9 Å². The Balaban J connectivity index is 2.35. The van der Waals surface area contributed by atoms with E-state index < -0.39 is 5.97 Å². The minimum Gasteiger partial charge on any atom is -0.475 e. The molecule has 5 heteroatoms. The van der Waals surface area contributed by atoms with Gasteiger partial charge in [-0.1, -0.05) is 12.8 Å². The summed E-state index contributed by atoms with van der Waals surface area (Å²) in [5.74, 6) is -0.965. The van der Waals surface area contributed by atoms with Gasteiger partial charge < -0.3 is 15.3 Å². The van der Waals surface area contributed by atoms with Crippen LogP contribution in [0.3, 0.4) is 0 Å². The molecule has 1 heterocycles. The number of aromatic nitrogens is 1. The topological polar surface area (TPSA) is 89.3 Å². The van der Waals surface area contributed by atoms with Crippen molar-refractivity contribution in [3.63, 3.8) is 0 Å². The third-order valence-corrected chi connectivity index (χ3v) is 2.61. The van der Waals surface area contributed by atoms with Crippen molar-refractivity contribution in [2.75, 3.05) is 5.73 Å². The van der Waals surface area contributed by atoms with E-state index in [2.05, 4.69) is 4.98 Å². The number of hydrogen-bond donors (Lipinski definition) is 2. The van der Waals surface area contributed by atoms with Crippen LogP contribution in [0.15, 0.2) is 4.42 Å². The van der Waals surface area contributed by atoms with E-state index in [-0.39, 0.29) is 17.7 Å².